The van der Waals surface area contributed by atoms with Gasteiger partial charge in [-0.05, 0) is 59.6 Å². The Balaban J connectivity index is 1.73. The van der Waals surface area contributed by atoms with Crippen LogP contribution in [0.2, 0.25) is 0 Å². The van der Waals surface area contributed by atoms with Crippen molar-refractivity contribution in [2.24, 2.45) is 0 Å². The third kappa shape index (κ3) is 3.52. The molecular formula is C21H26O2. The largest absolute Gasteiger partial charge is 0.497 e. The van der Waals surface area contributed by atoms with Gasteiger partial charge in [0, 0.05) is 6.42 Å². The molecule has 0 aromatic heterocycles. The summed E-state index contributed by atoms with van der Waals surface area (Å²) in [5, 5.41) is 0. The fourth-order valence-electron chi connectivity index (χ4n) is 3.47. The van der Waals surface area contributed by atoms with Crippen molar-refractivity contribution in [2.45, 2.75) is 44.9 Å². The third-order valence-corrected chi connectivity index (χ3v) is 5.01. The predicted molar refractivity (Wildman–Crippen MR) is 94.7 cm³/mol. The van der Waals surface area contributed by atoms with Gasteiger partial charge in [0.1, 0.15) is 11.5 Å². The van der Waals surface area contributed by atoms with Crippen LogP contribution in [0.1, 0.15) is 55.2 Å². The topological polar surface area (TPSA) is 18.5 Å². The Morgan fingerprint density at radius 2 is 1.83 bits per heavy atom. The van der Waals surface area contributed by atoms with Crippen LogP contribution in [0.4, 0.5) is 0 Å². The van der Waals surface area contributed by atoms with Crippen molar-refractivity contribution in [1.82, 2.24) is 0 Å². The van der Waals surface area contributed by atoms with Crippen LogP contribution in [-0.4, -0.2) is 13.7 Å². The first-order chi connectivity index (χ1) is 11.2. The summed E-state index contributed by atoms with van der Waals surface area (Å²) in [6.45, 7) is 5.42. The lowest BCUT2D eigenvalue weighted by Crippen LogP contribution is -2.04. The highest BCUT2D eigenvalue weighted by molar-refractivity contribution is 5.41. The molecule has 2 aromatic carbocycles. The number of methoxy groups -OCH3 is 1. The van der Waals surface area contributed by atoms with E-state index in [1.807, 2.05) is 0 Å². The molecule has 0 amide bonds. The molecule has 2 atom stereocenters. The number of hydrogen-bond acceptors (Lipinski definition) is 2. The molecule has 0 bridgehead atoms. The van der Waals surface area contributed by atoms with Crippen LogP contribution in [-0.2, 0) is 6.42 Å². The van der Waals surface area contributed by atoms with E-state index in [9.17, 15) is 0 Å². The van der Waals surface area contributed by atoms with E-state index in [4.69, 9.17) is 9.47 Å². The van der Waals surface area contributed by atoms with Crippen LogP contribution in [0.5, 0.6) is 11.5 Å². The maximum absolute atomic E-state index is 5.74. The van der Waals surface area contributed by atoms with Gasteiger partial charge < -0.3 is 9.47 Å². The van der Waals surface area contributed by atoms with Gasteiger partial charge in [0.05, 0.1) is 13.7 Å². The number of ether oxygens (including phenoxy) is 2. The van der Waals surface area contributed by atoms with Crippen molar-refractivity contribution in [3.05, 3.63) is 59.2 Å². The highest BCUT2D eigenvalue weighted by Crippen LogP contribution is 2.36. The molecule has 122 valence electrons. The highest BCUT2D eigenvalue weighted by Gasteiger charge is 2.18. The number of fused-ring (bicyclic) bond motifs is 1. The van der Waals surface area contributed by atoms with E-state index in [2.05, 4.69) is 56.3 Å². The second-order valence-electron chi connectivity index (χ2n) is 6.48. The Labute approximate surface area is 139 Å². The van der Waals surface area contributed by atoms with Crippen LogP contribution >= 0.6 is 0 Å². The molecule has 0 N–H and O–H groups in total. The van der Waals surface area contributed by atoms with Crippen molar-refractivity contribution in [2.75, 3.05) is 13.7 Å². The van der Waals surface area contributed by atoms with E-state index in [1.54, 1.807) is 7.11 Å². The maximum atomic E-state index is 5.74. The van der Waals surface area contributed by atoms with Crippen LogP contribution in [0, 0.1) is 0 Å². The lowest BCUT2D eigenvalue weighted by molar-refractivity contribution is 0.356. The Morgan fingerprint density at radius 3 is 2.52 bits per heavy atom. The van der Waals surface area contributed by atoms with Gasteiger partial charge in [0.25, 0.3) is 0 Å². The summed E-state index contributed by atoms with van der Waals surface area (Å²) < 4.78 is 11.0. The minimum absolute atomic E-state index is 0.528. The molecule has 23 heavy (non-hydrogen) atoms. The zero-order valence-corrected chi connectivity index (χ0v) is 14.3. The van der Waals surface area contributed by atoms with Gasteiger partial charge in [-0.1, -0.05) is 38.1 Å². The Morgan fingerprint density at radius 1 is 1.09 bits per heavy atom. The maximum Gasteiger partial charge on any atom is 0.122 e. The molecular weight excluding hydrogens is 284 g/mol. The first kappa shape index (κ1) is 15.9. The first-order valence-corrected chi connectivity index (χ1v) is 8.60. The van der Waals surface area contributed by atoms with Crippen LogP contribution in [0.3, 0.4) is 0 Å². The molecule has 1 aliphatic heterocycles. The van der Waals surface area contributed by atoms with Gasteiger partial charge in [0.15, 0.2) is 0 Å². The molecule has 2 nitrogen and oxygen atoms in total. The standard InChI is InChI=1S/C21H26O2/c1-4-16(19-6-5-18-11-12-23-21(18)14-19)13-15(2)17-7-9-20(22-3)10-8-17/h5-10,14-16H,4,11-13H2,1-3H3. The molecule has 2 heteroatoms. The van der Waals surface area contributed by atoms with Crippen LogP contribution < -0.4 is 9.47 Å². The quantitative estimate of drug-likeness (QED) is 0.719. The first-order valence-electron chi connectivity index (χ1n) is 8.60. The molecule has 2 aromatic rings. The van der Waals surface area contributed by atoms with E-state index in [0.29, 0.717) is 11.8 Å². The molecule has 1 aliphatic rings. The van der Waals surface area contributed by atoms with Crippen molar-refractivity contribution >= 4 is 0 Å². The van der Waals surface area contributed by atoms with Gasteiger partial charge in [-0.25, -0.2) is 0 Å². The number of benzene rings is 2. The summed E-state index contributed by atoms with van der Waals surface area (Å²) >= 11 is 0. The van der Waals surface area contributed by atoms with Crippen molar-refractivity contribution in [3.8, 4) is 11.5 Å². The highest BCUT2D eigenvalue weighted by atomic mass is 16.5. The van der Waals surface area contributed by atoms with Gasteiger partial charge >= 0.3 is 0 Å². The van der Waals surface area contributed by atoms with E-state index >= 15 is 0 Å². The molecule has 2 unspecified atom stereocenters. The summed E-state index contributed by atoms with van der Waals surface area (Å²) in [6.07, 6.45) is 3.36. The second kappa shape index (κ2) is 7.08. The number of rotatable bonds is 6. The van der Waals surface area contributed by atoms with Crippen molar-refractivity contribution in [3.63, 3.8) is 0 Å². The molecule has 0 radical (unpaired) electrons. The van der Waals surface area contributed by atoms with E-state index in [1.165, 1.54) is 16.7 Å². The minimum Gasteiger partial charge on any atom is -0.497 e. The second-order valence-corrected chi connectivity index (χ2v) is 6.48. The van der Waals surface area contributed by atoms with Crippen molar-refractivity contribution in [1.29, 1.82) is 0 Å². The lowest BCUT2D eigenvalue weighted by atomic mass is 9.84. The lowest BCUT2D eigenvalue weighted by Gasteiger charge is -2.21. The Bertz CT molecular complexity index is 645. The molecule has 1 heterocycles. The predicted octanol–water partition coefficient (Wildman–Crippen LogP) is 5.32. The molecule has 3 rings (SSSR count). The Kier molecular flexibility index (Phi) is 4.90. The van der Waals surface area contributed by atoms with Crippen LogP contribution in [0.15, 0.2) is 42.5 Å². The molecule has 0 saturated heterocycles. The zero-order chi connectivity index (χ0) is 16.2. The van der Waals surface area contributed by atoms with Gasteiger partial charge in [-0.2, -0.15) is 0 Å². The smallest absolute Gasteiger partial charge is 0.122 e. The molecule has 0 fully saturated rings. The van der Waals surface area contributed by atoms with Gasteiger partial charge in [-0.15, -0.1) is 0 Å². The monoisotopic (exact) mass is 310 g/mol. The normalized spacial score (nSPS) is 15.6. The van der Waals surface area contributed by atoms with Crippen molar-refractivity contribution < 1.29 is 9.47 Å². The van der Waals surface area contributed by atoms with E-state index < -0.39 is 0 Å². The minimum atomic E-state index is 0.528. The average molecular weight is 310 g/mol. The summed E-state index contributed by atoms with van der Waals surface area (Å²) in [5.41, 5.74) is 4.14. The molecule has 0 aliphatic carbocycles. The van der Waals surface area contributed by atoms with E-state index in [-0.39, 0.29) is 0 Å². The zero-order valence-electron chi connectivity index (χ0n) is 14.3. The fraction of sp³-hybridized carbons (Fsp3) is 0.429. The molecule has 0 spiro atoms. The van der Waals surface area contributed by atoms with Crippen LogP contribution in [0.25, 0.3) is 0 Å². The van der Waals surface area contributed by atoms with Gasteiger partial charge in [0.2, 0.25) is 0 Å². The SMILES string of the molecule is CCC(CC(C)c1ccc(OC)cc1)c1ccc2c(c1)OCC2. The fourth-order valence-corrected chi connectivity index (χ4v) is 3.47. The summed E-state index contributed by atoms with van der Waals surface area (Å²) in [5.74, 6) is 3.11. The van der Waals surface area contributed by atoms with Gasteiger partial charge in [-0.3, -0.25) is 0 Å². The molecule has 0 saturated carbocycles. The van der Waals surface area contributed by atoms with E-state index in [0.717, 1.165) is 37.4 Å². The number of hydrogen-bond donors (Lipinski definition) is 0. The summed E-state index contributed by atoms with van der Waals surface area (Å²) in [7, 11) is 1.71. The Hall–Kier alpha value is -1.96. The summed E-state index contributed by atoms with van der Waals surface area (Å²) in [4.78, 5) is 0. The average Bonchev–Trinajstić information content (AvgIpc) is 3.07. The third-order valence-electron chi connectivity index (χ3n) is 5.01. The summed E-state index contributed by atoms with van der Waals surface area (Å²) in [6, 6.07) is 15.3.